The number of benzene rings is 6. The molecule has 0 unspecified atom stereocenters. The van der Waals surface area contributed by atoms with Crippen molar-refractivity contribution in [2.24, 2.45) is 4.99 Å². The highest BCUT2D eigenvalue weighted by atomic mass is 16.5. The zero-order valence-corrected chi connectivity index (χ0v) is 25.8. The molecule has 0 fully saturated rings. The van der Waals surface area contributed by atoms with Crippen LogP contribution in [0.4, 0.5) is 0 Å². The fourth-order valence-electron chi connectivity index (χ4n) is 6.78. The molecule has 220 valence electrons. The molecule has 45 heavy (non-hydrogen) atoms. The first-order chi connectivity index (χ1) is 22.3. The van der Waals surface area contributed by atoms with Crippen molar-refractivity contribution in [3.8, 4) is 0 Å². The summed E-state index contributed by atoms with van der Waals surface area (Å²) in [6.45, 7) is 0. The molecule has 0 aliphatic carbocycles. The quantitative estimate of drug-likeness (QED) is 0.0894. The molecule has 0 N–H and O–H groups in total. The lowest BCUT2D eigenvalue weighted by atomic mass is 9.64. The molecule has 0 aliphatic heterocycles. The van der Waals surface area contributed by atoms with Crippen molar-refractivity contribution in [3.05, 3.63) is 227 Å². The molecule has 0 saturated heterocycles. The van der Waals surface area contributed by atoms with E-state index in [0.717, 1.165) is 44.9 Å². The van der Waals surface area contributed by atoms with E-state index in [1.807, 2.05) is 7.05 Å². The van der Waals surface area contributed by atoms with E-state index in [-0.39, 0.29) is 0 Å². The lowest BCUT2D eigenvalue weighted by molar-refractivity contribution is 0.251. The summed E-state index contributed by atoms with van der Waals surface area (Å²) in [5.41, 5.74) is 6.08. The molecule has 0 heterocycles. The third-order valence-electron chi connectivity index (χ3n) is 8.72. The lowest BCUT2D eigenvalue weighted by Crippen LogP contribution is -2.40. The van der Waals surface area contributed by atoms with Crippen LogP contribution in [0.1, 0.15) is 33.4 Å². The number of rotatable bonds is 10. The van der Waals surface area contributed by atoms with Gasteiger partial charge in [0.2, 0.25) is 0 Å². The molecule has 0 bridgehead atoms. The SMILES string of the molecule is CN=C(C=C(OC)C(c1ccccc1)(c1ccccc1)c1ccccc1)C(c1ccccc1)(c1ccccc1)c1ccccc1. The van der Waals surface area contributed by atoms with Crippen LogP contribution in [0.5, 0.6) is 0 Å². The predicted octanol–water partition coefficient (Wildman–Crippen LogP) is 9.66. The summed E-state index contributed by atoms with van der Waals surface area (Å²) >= 11 is 0. The Kier molecular flexibility index (Phi) is 8.84. The summed E-state index contributed by atoms with van der Waals surface area (Å²) in [7, 11) is 3.66. The van der Waals surface area contributed by atoms with Gasteiger partial charge in [0.1, 0.15) is 11.2 Å². The van der Waals surface area contributed by atoms with Gasteiger partial charge in [0, 0.05) is 13.1 Å². The Morgan fingerprint density at radius 2 is 0.667 bits per heavy atom. The van der Waals surface area contributed by atoms with Gasteiger partial charge in [-0.15, -0.1) is 0 Å². The zero-order valence-electron chi connectivity index (χ0n) is 25.8. The van der Waals surface area contributed by atoms with Gasteiger partial charge in [-0.1, -0.05) is 182 Å². The first-order valence-corrected chi connectivity index (χ1v) is 15.3. The largest absolute Gasteiger partial charge is 0.499 e. The number of aliphatic imine (C=N–C) groups is 1. The minimum Gasteiger partial charge on any atom is -0.499 e. The Labute approximate surface area is 267 Å². The molecule has 0 atom stereocenters. The summed E-state index contributed by atoms with van der Waals surface area (Å²) in [6, 6.07) is 63.9. The van der Waals surface area contributed by atoms with Crippen LogP contribution < -0.4 is 0 Å². The van der Waals surface area contributed by atoms with Crippen molar-refractivity contribution in [3.63, 3.8) is 0 Å². The van der Waals surface area contributed by atoms with Crippen molar-refractivity contribution in [2.45, 2.75) is 10.8 Å². The highest BCUT2D eigenvalue weighted by Crippen LogP contribution is 2.47. The van der Waals surface area contributed by atoms with E-state index < -0.39 is 10.8 Å². The molecular weight excluding hydrogens is 546 g/mol. The number of nitrogens with zero attached hydrogens (tertiary/aromatic N) is 1. The van der Waals surface area contributed by atoms with Crippen LogP contribution in [0.3, 0.4) is 0 Å². The summed E-state index contributed by atoms with van der Waals surface area (Å²) in [6.07, 6.45) is 2.18. The maximum atomic E-state index is 6.59. The second-order valence-corrected chi connectivity index (χ2v) is 11.0. The molecule has 0 spiro atoms. The van der Waals surface area contributed by atoms with E-state index in [1.165, 1.54) is 0 Å². The van der Waals surface area contributed by atoms with Gasteiger partial charge in [-0.05, 0) is 33.4 Å². The number of allylic oxidation sites excluding steroid dienone is 2. The third kappa shape index (κ3) is 5.30. The van der Waals surface area contributed by atoms with Gasteiger partial charge in [0.05, 0.1) is 18.2 Å². The van der Waals surface area contributed by atoms with Crippen LogP contribution in [0.25, 0.3) is 0 Å². The van der Waals surface area contributed by atoms with E-state index in [2.05, 4.69) is 188 Å². The minimum absolute atomic E-state index is 0.724. The molecule has 0 aromatic heterocycles. The van der Waals surface area contributed by atoms with E-state index in [4.69, 9.17) is 9.73 Å². The van der Waals surface area contributed by atoms with Crippen molar-refractivity contribution in [1.29, 1.82) is 0 Å². The first kappa shape index (κ1) is 29.6. The van der Waals surface area contributed by atoms with Gasteiger partial charge in [-0.3, -0.25) is 4.99 Å². The van der Waals surface area contributed by atoms with Gasteiger partial charge >= 0.3 is 0 Å². The molecule has 6 rings (SSSR count). The molecule has 0 radical (unpaired) electrons. The van der Waals surface area contributed by atoms with Crippen molar-refractivity contribution in [1.82, 2.24) is 0 Å². The number of ether oxygens (including phenoxy) is 1. The fraction of sp³-hybridized carbons (Fsp3) is 0.0930. The maximum absolute atomic E-state index is 6.59. The van der Waals surface area contributed by atoms with Gasteiger partial charge in [0.25, 0.3) is 0 Å². The number of hydrogen-bond donors (Lipinski definition) is 0. The molecule has 0 amide bonds. The van der Waals surface area contributed by atoms with E-state index >= 15 is 0 Å². The molecule has 2 heteroatoms. The fourth-order valence-corrected chi connectivity index (χ4v) is 6.78. The monoisotopic (exact) mass is 583 g/mol. The molecule has 6 aromatic rings. The van der Waals surface area contributed by atoms with Crippen LogP contribution in [-0.4, -0.2) is 19.9 Å². The minimum atomic E-state index is -0.760. The van der Waals surface area contributed by atoms with Crippen LogP contribution >= 0.6 is 0 Å². The Balaban J connectivity index is 1.74. The summed E-state index contributed by atoms with van der Waals surface area (Å²) in [5, 5.41) is 0. The zero-order chi connectivity index (χ0) is 31.0. The first-order valence-electron chi connectivity index (χ1n) is 15.3. The second-order valence-electron chi connectivity index (χ2n) is 11.0. The summed E-state index contributed by atoms with van der Waals surface area (Å²) < 4.78 is 6.59. The topological polar surface area (TPSA) is 21.6 Å². The summed E-state index contributed by atoms with van der Waals surface area (Å²) in [5.74, 6) is 0.777. The predicted molar refractivity (Wildman–Crippen MR) is 187 cm³/mol. The third-order valence-corrected chi connectivity index (χ3v) is 8.72. The Hall–Kier alpha value is -5.47. The average molecular weight is 584 g/mol. The molecule has 0 aliphatic rings. The van der Waals surface area contributed by atoms with Crippen LogP contribution in [0.2, 0.25) is 0 Å². The Morgan fingerprint density at radius 3 is 0.889 bits per heavy atom. The number of methoxy groups -OCH3 is 1. The lowest BCUT2D eigenvalue weighted by Gasteiger charge is -2.40. The van der Waals surface area contributed by atoms with Gasteiger partial charge in [0.15, 0.2) is 0 Å². The molecular formula is C43H37NO. The van der Waals surface area contributed by atoms with Gasteiger partial charge < -0.3 is 4.74 Å². The molecule has 2 nitrogen and oxygen atoms in total. The average Bonchev–Trinajstić information content (AvgIpc) is 3.13. The van der Waals surface area contributed by atoms with Crippen LogP contribution in [0, 0.1) is 0 Å². The van der Waals surface area contributed by atoms with Crippen molar-refractivity contribution in [2.75, 3.05) is 14.2 Å². The van der Waals surface area contributed by atoms with E-state index in [0.29, 0.717) is 0 Å². The van der Waals surface area contributed by atoms with Crippen LogP contribution in [-0.2, 0) is 15.6 Å². The Morgan fingerprint density at radius 1 is 0.422 bits per heavy atom. The van der Waals surface area contributed by atoms with Gasteiger partial charge in [-0.25, -0.2) is 0 Å². The highest BCUT2D eigenvalue weighted by Gasteiger charge is 2.45. The normalized spacial score (nSPS) is 12.5. The van der Waals surface area contributed by atoms with E-state index in [1.54, 1.807) is 7.11 Å². The van der Waals surface area contributed by atoms with Gasteiger partial charge in [-0.2, -0.15) is 0 Å². The molecule has 0 saturated carbocycles. The van der Waals surface area contributed by atoms with Crippen molar-refractivity contribution >= 4 is 5.71 Å². The summed E-state index contributed by atoms with van der Waals surface area (Å²) in [4.78, 5) is 5.13. The van der Waals surface area contributed by atoms with Crippen LogP contribution in [0.15, 0.2) is 199 Å². The highest BCUT2D eigenvalue weighted by molar-refractivity contribution is 6.09. The van der Waals surface area contributed by atoms with Crippen molar-refractivity contribution < 1.29 is 4.74 Å². The molecule has 6 aromatic carbocycles. The second kappa shape index (κ2) is 13.4. The maximum Gasteiger partial charge on any atom is 0.117 e. The Bertz CT molecular complexity index is 1650. The standard InChI is InChI=1S/C43H37NO/c1-44-40(42(34-21-9-3-10-22-34,35-23-11-4-12-24-35)36-25-13-5-14-26-36)33-41(45-2)43(37-27-15-6-16-28-37,38-29-17-7-18-30-38)39-31-19-8-20-32-39/h3-33H,1-2H3. The van der Waals surface area contributed by atoms with E-state index in [9.17, 15) is 0 Å². The number of hydrogen-bond acceptors (Lipinski definition) is 2. The smallest absolute Gasteiger partial charge is 0.117 e.